The van der Waals surface area contributed by atoms with Gasteiger partial charge in [-0.1, -0.05) is 41.5 Å². The van der Waals surface area contributed by atoms with Crippen LogP contribution in [-0.2, 0) is 43.9 Å². The molecule has 9 amide bonds. The maximum atomic E-state index is 14.8. The number of nitrogens with one attached hydrogen (secondary N) is 3. The molecule has 3 atom stereocenters. The van der Waals surface area contributed by atoms with Gasteiger partial charge in [0.25, 0.3) is 53.1 Å². The van der Waals surface area contributed by atoms with Gasteiger partial charge in [0.05, 0.1) is 144 Å². The first-order chi connectivity index (χ1) is 50.6. The molecule has 0 fully saturated rings. The van der Waals surface area contributed by atoms with Crippen molar-refractivity contribution >= 4 is 99.7 Å². The van der Waals surface area contributed by atoms with Crippen molar-refractivity contribution in [1.82, 2.24) is 29.7 Å². The lowest BCUT2D eigenvalue weighted by Crippen LogP contribution is -2.38. The molecule has 3 aromatic heterocycles. The number of amides is 9. The lowest BCUT2D eigenvalue weighted by atomic mass is 10.1. The summed E-state index contributed by atoms with van der Waals surface area (Å²) in [5, 5.41) is 7.69. The van der Waals surface area contributed by atoms with Gasteiger partial charge in [0.1, 0.15) is 47.0 Å². The number of anilines is 3. The topological polar surface area (TPSA) is 396 Å². The molecule has 3 aromatic carbocycles. The predicted octanol–water partition coefficient (Wildman–Crippen LogP) is 8.98. The molecule has 30 nitrogen and oxygen atoms in total. The highest BCUT2D eigenvalue weighted by Crippen LogP contribution is 2.43. The largest absolute Gasteiger partial charge is 0.491 e. The second-order valence-electron chi connectivity index (χ2n) is 26.3. The maximum Gasteiger partial charge on any atom is 0.265 e. The zero-order valence-electron chi connectivity index (χ0n) is 61.9. The summed E-state index contributed by atoms with van der Waals surface area (Å²) in [5.41, 5.74) is -2.65. The number of hydrogen-bond donors (Lipinski definition) is 3. The Morgan fingerprint density at radius 2 is 0.602 bits per heavy atom. The quantitative estimate of drug-likeness (QED) is 0.0354. The molecule has 0 spiro atoms. The van der Waals surface area contributed by atoms with Crippen molar-refractivity contribution in [3.05, 3.63) is 141 Å². The Balaban J connectivity index is 0.000000226. The van der Waals surface area contributed by atoms with Gasteiger partial charge >= 0.3 is 0 Å². The van der Waals surface area contributed by atoms with E-state index in [1.54, 1.807) is 20.8 Å². The Morgan fingerprint density at radius 3 is 0.796 bits per heavy atom. The molecule has 6 heterocycles. The zero-order valence-corrected chi connectivity index (χ0v) is 64.3. The van der Waals surface area contributed by atoms with Crippen LogP contribution in [0.3, 0.4) is 0 Å². The standard InChI is InChI=1S/3C24H28FN3O7S/c3*1-6-35-22-18(34-4)10-9-15(27-22)17(12-36(5,32)33)28-23(30)20-14(25)7-8-16(21(20)24(28)31)26-19(29)11-13(2)3/h3*7-10,13,17H,6,11-12H2,1-5H3,(H,26,29)/t2*17-;/m10./s1. The summed E-state index contributed by atoms with van der Waals surface area (Å²) in [7, 11) is -7.08. The van der Waals surface area contributed by atoms with Crippen LogP contribution >= 0.6 is 0 Å². The van der Waals surface area contributed by atoms with E-state index in [0.29, 0.717) is 14.7 Å². The molecule has 0 saturated carbocycles. The fourth-order valence-electron chi connectivity index (χ4n) is 11.7. The van der Waals surface area contributed by atoms with Crippen molar-refractivity contribution in [2.45, 2.75) is 99.7 Å². The first-order valence-electron chi connectivity index (χ1n) is 33.7. The normalized spacial score (nSPS) is 14.1. The molecule has 3 aliphatic rings. The highest BCUT2D eigenvalue weighted by molar-refractivity contribution is 7.91. The second kappa shape index (κ2) is 35.4. The number of imide groups is 3. The maximum absolute atomic E-state index is 14.8. The molecule has 9 rings (SSSR count). The lowest BCUT2D eigenvalue weighted by Gasteiger charge is -2.26. The van der Waals surface area contributed by atoms with Crippen LogP contribution in [0.4, 0.5) is 30.2 Å². The predicted molar refractivity (Wildman–Crippen MR) is 388 cm³/mol. The zero-order chi connectivity index (χ0) is 80.4. The van der Waals surface area contributed by atoms with Gasteiger partial charge in [0.15, 0.2) is 17.2 Å². The van der Waals surface area contributed by atoms with E-state index in [0.717, 1.165) is 37.0 Å². The van der Waals surface area contributed by atoms with Gasteiger partial charge in [-0.05, 0) is 111 Å². The Labute approximate surface area is 622 Å². The number of hydrogen-bond acceptors (Lipinski definition) is 24. The van der Waals surface area contributed by atoms with Gasteiger partial charge in [-0.2, -0.15) is 0 Å². The molecule has 582 valence electrons. The number of pyridine rings is 3. The number of ether oxygens (including phenoxy) is 6. The minimum Gasteiger partial charge on any atom is -0.491 e. The number of aromatic nitrogens is 3. The molecule has 1 unspecified atom stereocenters. The van der Waals surface area contributed by atoms with E-state index < -0.39 is 152 Å². The van der Waals surface area contributed by atoms with E-state index in [2.05, 4.69) is 30.9 Å². The minimum absolute atomic E-state index is 0.0205. The summed E-state index contributed by atoms with van der Waals surface area (Å²) < 4.78 is 150. The Hall–Kier alpha value is -10.6. The highest BCUT2D eigenvalue weighted by atomic mass is 32.2. The summed E-state index contributed by atoms with van der Waals surface area (Å²) in [6, 6.07) is 11.0. The number of sulfone groups is 3. The monoisotopic (exact) mass is 1560 g/mol. The molecule has 0 bridgehead atoms. The summed E-state index contributed by atoms with van der Waals surface area (Å²) in [4.78, 5) is 133. The average Bonchev–Trinajstić information content (AvgIpc) is 1.60. The van der Waals surface area contributed by atoms with Crippen LogP contribution in [0.5, 0.6) is 34.9 Å². The van der Waals surface area contributed by atoms with E-state index in [1.165, 1.54) is 75.9 Å². The molecule has 3 N–H and O–H groups in total. The first-order valence-corrected chi connectivity index (χ1v) is 39.9. The molecule has 0 aliphatic carbocycles. The van der Waals surface area contributed by atoms with Crippen molar-refractivity contribution < 1.29 is 110 Å². The van der Waals surface area contributed by atoms with Crippen molar-refractivity contribution in [3.63, 3.8) is 0 Å². The molecule has 0 saturated heterocycles. The molecule has 0 radical (unpaired) electrons. The molecular formula is C72H84F3N9O21S3. The third kappa shape index (κ3) is 20.1. The summed E-state index contributed by atoms with van der Waals surface area (Å²) in [5.74, 6) is -11.1. The fourth-order valence-corrected chi connectivity index (χ4v) is 14.4. The fraction of sp³-hybridized carbons (Fsp3) is 0.417. The number of methoxy groups -OCH3 is 3. The number of carbonyl (C=O) groups excluding carboxylic acids is 9. The SMILES string of the molecule is CCOc1nc(C(CS(C)(=O)=O)N2C(=O)c3c(F)ccc(NC(=O)CC(C)C)c3C2=O)ccc1OC.CCOc1nc([C@@H](CS(C)(=O)=O)N2C(=O)c3c(F)ccc(NC(=O)CC(C)C)c3C2=O)ccc1OC.CCOc1nc([C@H](CS(C)(=O)=O)N2C(=O)c3c(F)ccc(NC(=O)CC(C)C)c3C2=O)ccc1OC. The van der Waals surface area contributed by atoms with Gasteiger partial charge in [-0.15, -0.1) is 0 Å². The molecule has 6 aromatic rings. The van der Waals surface area contributed by atoms with Gasteiger partial charge in [0, 0.05) is 38.0 Å². The number of benzene rings is 3. The van der Waals surface area contributed by atoms with Gasteiger partial charge in [-0.3, -0.25) is 57.9 Å². The van der Waals surface area contributed by atoms with Gasteiger partial charge in [-0.25, -0.2) is 53.4 Å². The smallest absolute Gasteiger partial charge is 0.265 e. The number of carbonyl (C=O) groups is 9. The third-order valence-corrected chi connectivity index (χ3v) is 18.8. The van der Waals surface area contributed by atoms with E-state index in [1.807, 2.05) is 41.5 Å². The van der Waals surface area contributed by atoms with Crippen LogP contribution in [0.25, 0.3) is 0 Å². The van der Waals surface area contributed by atoms with Crippen LogP contribution in [0.1, 0.15) is 179 Å². The summed E-state index contributed by atoms with van der Waals surface area (Å²) >= 11 is 0. The van der Waals surface area contributed by atoms with Crippen molar-refractivity contribution in [1.29, 1.82) is 0 Å². The van der Waals surface area contributed by atoms with Crippen LogP contribution in [0.15, 0.2) is 72.8 Å². The van der Waals surface area contributed by atoms with Crippen LogP contribution < -0.4 is 44.4 Å². The second-order valence-corrected chi connectivity index (χ2v) is 32.8. The summed E-state index contributed by atoms with van der Waals surface area (Å²) in [6.45, 7) is 16.8. The number of rotatable bonds is 30. The Bertz CT molecular complexity index is 4410. The van der Waals surface area contributed by atoms with E-state index in [9.17, 15) is 81.6 Å². The lowest BCUT2D eigenvalue weighted by molar-refractivity contribution is -0.117. The van der Waals surface area contributed by atoms with Crippen molar-refractivity contribution in [3.8, 4) is 34.9 Å². The van der Waals surface area contributed by atoms with Crippen LogP contribution in [0, 0.1) is 35.2 Å². The average molecular weight is 1560 g/mol. The van der Waals surface area contributed by atoms with Crippen molar-refractivity contribution in [2.24, 2.45) is 17.8 Å². The molecule has 36 heteroatoms. The van der Waals surface area contributed by atoms with Crippen LogP contribution in [0.2, 0.25) is 0 Å². The first kappa shape index (κ1) is 84.6. The Morgan fingerprint density at radius 1 is 0.380 bits per heavy atom. The van der Waals surface area contributed by atoms with E-state index >= 15 is 0 Å². The Kier molecular flexibility index (Phi) is 27.7. The molecule has 108 heavy (non-hydrogen) atoms. The minimum atomic E-state index is -3.76. The number of nitrogens with zero attached hydrogens (tertiary/aromatic N) is 6. The number of halogens is 3. The third-order valence-electron chi connectivity index (χ3n) is 16.0. The van der Waals surface area contributed by atoms with E-state index in [4.69, 9.17) is 28.4 Å². The summed E-state index contributed by atoms with van der Waals surface area (Å²) in [6.07, 6.45) is 3.27. The van der Waals surface area contributed by atoms with E-state index in [-0.39, 0.29) is 143 Å². The van der Waals surface area contributed by atoms with Gasteiger partial charge in [0.2, 0.25) is 17.7 Å². The number of fused-ring (bicyclic) bond motifs is 3. The van der Waals surface area contributed by atoms with Crippen LogP contribution in [-0.4, -0.2) is 185 Å². The molecule has 3 aliphatic heterocycles. The van der Waals surface area contributed by atoms with Gasteiger partial charge < -0.3 is 44.4 Å². The highest BCUT2D eigenvalue weighted by Gasteiger charge is 2.49. The van der Waals surface area contributed by atoms with Crippen molar-refractivity contribution in [2.75, 3.05) is 93.1 Å². The molecular weight excluding hydrogens is 1480 g/mol.